The molecule has 0 aliphatic carbocycles. The smallest absolute Gasteiger partial charge is 0.119 e. The molecule has 0 N–H and O–H groups in total. The highest BCUT2D eigenvalue weighted by atomic mass is 16.5. The number of benzene rings is 2. The number of rotatable bonds is 8. The molecular weight excluding hydrogens is 320 g/mol. The highest BCUT2D eigenvalue weighted by Gasteiger charge is 2.08. The van der Waals surface area contributed by atoms with Gasteiger partial charge >= 0.3 is 0 Å². The Kier molecular flexibility index (Phi) is 5.96. The number of fused-ring (bicyclic) bond motifs is 1. The van der Waals surface area contributed by atoms with Crippen LogP contribution < -0.4 is 4.74 Å². The maximum absolute atomic E-state index is 9.13. The topological polar surface area (TPSA) is 38.0 Å². The molecule has 2 aromatic carbocycles. The third kappa shape index (κ3) is 4.08. The molecule has 0 spiro atoms. The number of nitriles is 1. The van der Waals surface area contributed by atoms with Gasteiger partial charge in [0, 0.05) is 17.3 Å². The van der Waals surface area contributed by atoms with Crippen LogP contribution in [0.3, 0.4) is 0 Å². The molecule has 26 heavy (non-hydrogen) atoms. The molecule has 0 fully saturated rings. The third-order valence-electron chi connectivity index (χ3n) is 4.97. The standard InChI is InChI=1S/C23H26N2O/c1-3-5-6-18(4-2)17-26-22-11-9-21(10-12-22)25-14-13-20-8-7-19(16-24)15-23(20)25/h7-15,18H,3-6,17H2,1-2H3. The summed E-state index contributed by atoms with van der Waals surface area (Å²) in [6, 6.07) is 18.3. The van der Waals surface area contributed by atoms with Crippen LogP contribution >= 0.6 is 0 Å². The lowest BCUT2D eigenvalue weighted by Crippen LogP contribution is -2.11. The van der Waals surface area contributed by atoms with Crippen LogP contribution in [0.2, 0.25) is 0 Å². The van der Waals surface area contributed by atoms with E-state index in [1.165, 1.54) is 19.3 Å². The zero-order chi connectivity index (χ0) is 18.4. The van der Waals surface area contributed by atoms with E-state index in [4.69, 9.17) is 10.00 Å². The molecule has 1 heterocycles. The third-order valence-corrected chi connectivity index (χ3v) is 4.97. The van der Waals surface area contributed by atoms with Crippen molar-refractivity contribution in [3.05, 3.63) is 60.3 Å². The SMILES string of the molecule is CCCCC(CC)COc1ccc(-n2ccc3ccc(C#N)cc32)cc1. The van der Waals surface area contributed by atoms with Crippen molar-refractivity contribution in [1.82, 2.24) is 4.57 Å². The summed E-state index contributed by atoms with van der Waals surface area (Å²) in [6.07, 6.45) is 6.95. The van der Waals surface area contributed by atoms with Crippen molar-refractivity contribution in [3.63, 3.8) is 0 Å². The van der Waals surface area contributed by atoms with E-state index in [1.54, 1.807) is 0 Å². The minimum absolute atomic E-state index is 0.632. The summed E-state index contributed by atoms with van der Waals surface area (Å²) in [5.74, 6) is 1.55. The molecule has 0 amide bonds. The average molecular weight is 346 g/mol. The Labute approximate surface area is 155 Å². The van der Waals surface area contributed by atoms with Gasteiger partial charge in [-0.05, 0) is 54.8 Å². The van der Waals surface area contributed by atoms with Gasteiger partial charge in [-0.1, -0.05) is 39.2 Å². The van der Waals surface area contributed by atoms with Crippen LogP contribution in [0.4, 0.5) is 0 Å². The van der Waals surface area contributed by atoms with Crippen molar-refractivity contribution in [2.75, 3.05) is 6.61 Å². The van der Waals surface area contributed by atoms with Gasteiger partial charge in [-0.3, -0.25) is 0 Å². The molecule has 0 aliphatic rings. The van der Waals surface area contributed by atoms with Gasteiger partial charge in [0.2, 0.25) is 0 Å². The minimum Gasteiger partial charge on any atom is -0.493 e. The van der Waals surface area contributed by atoms with Crippen LogP contribution in [0.15, 0.2) is 54.7 Å². The largest absolute Gasteiger partial charge is 0.493 e. The Morgan fingerprint density at radius 2 is 1.88 bits per heavy atom. The predicted octanol–water partition coefficient (Wildman–Crippen LogP) is 6.10. The van der Waals surface area contributed by atoms with Gasteiger partial charge in [-0.25, -0.2) is 0 Å². The predicted molar refractivity (Wildman–Crippen MR) is 107 cm³/mol. The van der Waals surface area contributed by atoms with Crippen LogP contribution in [0.1, 0.15) is 45.1 Å². The fourth-order valence-corrected chi connectivity index (χ4v) is 3.24. The Bertz CT molecular complexity index is 887. The van der Waals surface area contributed by atoms with Gasteiger partial charge in [0.05, 0.1) is 23.8 Å². The summed E-state index contributed by atoms with van der Waals surface area (Å²) >= 11 is 0. The van der Waals surface area contributed by atoms with Crippen molar-refractivity contribution in [3.8, 4) is 17.5 Å². The van der Waals surface area contributed by atoms with Gasteiger partial charge in [0.15, 0.2) is 0 Å². The highest BCUT2D eigenvalue weighted by molar-refractivity contribution is 5.83. The number of ether oxygens (including phenoxy) is 1. The Morgan fingerprint density at radius 1 is 1.08 bits per heavy atom. The Hall–Kier alpha value is -2.73. The second kappa shape index (κ2) is 8.58. The first kappa shape index (κ1) is 18.1. The molecule has 3 aromatic rings. The van der Waals surface area contributed by atoms with Gasteiger partial charge in [0.25, 0.3) is 0 Å². The van der Waals surface area contributed by atoms with Crippen LogP contribution in [-0.2, 0) is 0 Å². The molecule has 0 radical (unpaired) electrons. The van der Waals surface area contributed by atoms with Crippen LogP contribution in [0.5, 0.6) is 5.75 Å². The first-order valence-corrected chi connectivity index (χ1v) is 9.49. The summed E-state index contributed by atoms with van der Waals surface area (Å²) in [5, 5.41) is 10.3. The molecule has 0 aliphatic heterocycles. The zero-order valence-electron chi connectivity index (χ0n) is 15.6. The van der Waals surface area contributed by atoms with Crippen LogP contribution in [0.25, 0.3) is 16.6 Å². The number of nitrogens with zero attached hydrogens (tertiary/aromatic N) is 2. The van der Waals surface area contributed by atoms with Crippen molar-refractivity contribution in [2.45, 2.75) is 39.5 Å². The summed E-state index contributed by atoms with van der Waals surface area (Å²) in [4.78, 5) is 0. The zero-order valence-corrected chi connectivity index (χ0v) is 15.6. The first-order chi connectivity index (χ1) is 12.7. The molecule has 1 unspecified atom stereocenters. The van der Waals surface area contributed by atoms with E-state index in [-0.39, 0.29) is 0 Å². The van der Waals surface area contributed by atoms with Crippen molar-refractivity contribution in [2.24, 2.45) is 5.92 Å². The first-order valence-electron chi connectivity index (χ1n) is 9.49. The minimum atomic E-state index is 0.632. The number of aromatic nitrogens is 1. The maximum atomic E-state index is 9.13. The Balaban J connectivity index is 1.73. The second-order valence-corrected chi connectivity index (χ2v) is 6.79. The van der Waals surface area contributed by atoms with Gasteiger partial charge in [0.1, 0.15) is 5.75 Å². The summed E-state index contributed by atoms with van der Waals surface area (Å²) in [6.45, 7) is 5.25. The summed E-state index contributed by atoms with van der Waals surface area (Å²) in [7, 11) is 0. The number of hydrogen-bond donors (Lipinski definition) is 0. The molecule has 3 nitrogen and oxygen atoms in total. The number of hydrogen-bond acceptors (Lipinski definition) is 2. The lowest BCUT2D eigenvalue weighted by Gasteiger charge is -2.16. The van der Waals surface area contributed by atoms with E-state index in [0.717, 1.165) is 35.4 Å². The lowest BCUT2D eigenvalue weighted by atomic mass is 10.0. The molecule has 0 saturated carbocycles. The molecule has 1 atom stereocenters. The van der Waals surface area contributed by atoms with Gasteiger partial charge in [-0.15, -0.1) is 0 Å². The average Bonchev–Trinajstić information content (AvgIpc) is 3.11. The molecule has 1 aromatic heterocycles. The molecule has 0 saturated heterocycles. The quantitative estimate of drug-likeness (QED) is 0.494. The maximum Gasteiger partial charge on any atom is 0.119 e. The fraction of sp³-hybridized carbons (Fsp3) is 0.348. The van der Waals surface area contributed by atoms with E-state index in [1.807, 2.05) is 36.5 Å². The fourth-order valence-electron chi connectivity index (χ4n) is 3.24. The lowest BCUT2D eigenvalue weighted by molar-refractivity contribution is 0.233. The highest BCUT2D eigenvalue weighted by Crippen LogP contribution is 2.24. The number of unbranched alkanes of at least 4 members (excludes halogenated alkanes) is 1. The van der Waals surface area contributed by atoms with Gasteiger partial charge in [-0.2, -0.15) is 5.26 Å². The van der Waals surface area contributed by atoms with Crippen LogP contribution in [-0.4, -0.2) is 11.2 Å². The summed E-state index contributed by atoms with van der Waals surface area (Å²) in [5.41, 5.74) is 2.79. The van der Waals surface area contributed by atoms with Crippen LogP contribution in [0, 0.1) is 17.2 Å². The van der Waals surface area contributed by atoms with E-state index < -0.39 is 0 Å². The normalized spacial score (nSPS) is 12.0. The molecule has 3 rings (SSSR count). The van der Waals surface area contributed by atoms with E-state index in [9.17, 15) is 0 Å². The molecule has 134 valence electrons. The van der Waals surface area contributed by atoms with Crippen molar-refractivity contribution >= 4 is 10.9 Å². The molecular formula is C23H26N2O. The monoisotopic (exact) mass is 346 g/mol. The summed E-state index contributed by atoms with van der Waals surface area (Å²) < 4.78 is 8.11. The van der Waals surface area contributed by atoms with Crippen molar-refractivity contribution in [1.29, 1.82) is 5.26 Å². The molecule has 3 heteroatoms. The van der Waals surface area contributed by atoms with Gasteiger partial charge < -0.3 is 9.30 Å². The van der Waals surface area contributed by atoms with E-state index in [2.05, 4.69) is 42.7 Å². The molecule has 0 bridgehead atoms. The van der Waals surface area contributed by atoms with Crippen molar-refractivity contribution < 1.29 is 4.74 Å². The Morgan fingerprint density at radius 3 is 2.58 bits per heavy atom. The second-order valence-electron chi connectivity index (χ2n) is 6.79. The van der Waals surface area contributed by atoms with E-state index >= 15 is 0 Å². The van der Waals surface area contributed by atoms with E-state index in [0.29, 0.717) is 11.5 Å².